The fraction of sp³-hybridized carbons (Fsp3) is 1.00. The predicted octanol–water partition coefficient (Wildman–Crippen LogP) is 1.43. The molecule has 1 saturated heterocycles. The number of ether oxygens (including phenoxy) is 2. The molecular weight excluding hydrogens is 178 g/mol. The third-order valence-electron chi connectivity index (χ3n) is 2.82. The molecule has 2 atom stereocenters. The Bertz CT molecular complexity index is 127. The molecule has 14 heavy (non-hydrogen) atoms. The molecule has 1 aliphatic rings. The maximum atomic E-state index is 5.42. The van der Waals surface area contributed by atoms with Crippen LogP contribution in [0.1, 0.15) is 26.2 Å². The van der Waals surface area contributed by atoms with Gasteiger partial charge < -0.3 is 14.8 Å². The number of methoxy groups -OCH3 is 1. The highest BCUT2D eigenvalue weighted by molar-refractivity contribution is 4.79. The minimum absolute atomic E-state index is 0.581. The number of hydrogen-bond donors (Lipinski definition) is 1. The van der Waals surface area contributed by atoms with Gasteiger partial charge in [-0.25, -0.2) is 0 Å². The third kappa shape index (κ3) is 3.95. The normalized spacial score (nSPS) is 24.0. The molecule has 1 heterocycles. The minimum Gasteiger partial charge on any atom is -0.385 e. The van der Waals surface area contributed by atoms with Gasteiger partial charge in [-0.1, -0.05) is 6.92 Å². The Labute approximate surface area is 87.2 Å². The summed E-state index contributed by atoms with van der Waals surface area (Å²) < 4.78 is 10.5. The van der Waals surface area contributed by atoms with E-state index in [9.17, 15) is 0 Å². The van der Waals surface area contributed by atoms with E-state index in [2.05, 4.69) is 12.2 Å². The molecule has 0 bridgehead atoms. The first-order valence-corrected chi connectivity index (χ1v) is 5.68. The quantitative estimate of drug-likeness (QED) is 0.676. The molecule has 2 unspecified atom stereocenters. The lowest BCUT2D eigenvalue weighted by atomic mass is 9.96. The van der Waals surface area contributed by atoms with E-state index in [1.54, 1.807) is 7.11 Å². The number of hydrogen-bond acceptors (Lipinski definition) is 3. The van der Waals surface area contributed by atoms with E-state index in [0.717, 1.165) is 32.8 Å². The summed E-state index contributed by atoms with van der Waals surface area (Å²) in [4.78, 5) is 0. The van der Waals surface area contributed by atoms with Crippen LogP contribution in [0.25, 0.3) is 0 Å². The van der Waals surface area contributed by atoms with E-state index in [-0.39, 0.29) is 0 Å². The van der Waals surface area contributed by atoms with E-state index in [0.29, 0.717) is 12.0 Å². The maximum absolute atomic E-state index is 5.42. The van der Waals surface area contributed by atoms with Gasteiger partial charge in [-0.15, -0.1) is 0 Å². The lowest BCUT2D eigenvalue weighted by Crippen LogP contribution is -2.38. The van der Waals surface area contributed by atoms with Crippen LogP contribution in [-0.2, 0) is 9.47 Å². The highest BCUT2D eigenvalue weighted by Gasteiger charge is 2.24. The highest BCUT2D eigenvalue weighted by atomic mass is 16.5. The zero-order valence-corrected chi connectivity index (χ0v) is 9.42. The molecule has 1 rings (SSSR count). The van der Waals surface area contributed by atoms with Crippen LogP contribution in [0.2, 0.25) is 0 Å². The van der Waals surface area contributed by atoms with Crippen LogP contribution >= 0.6 is 0 Å². The summed E-state index contributed by atoms with van der Waals surface area (Å²) in [6.45, 7) is 6.00. The highest BCUT2D eigenvalue weighted by Crippen LogP contribution is 2.18. The topological polar surface area (TPSA) is 30.5 Å². The molecule has 0 spiro atoms. The summed E-state index contributed by atoms with van der Waals surface area (Å²) in [5, 5.41) is 3.59. The van der Waals surface area contributed by atoms with E-state index >= 15 is 0 Å². The standard InChI is InChI=1S/C11H23NO2/c1-3-6-12-11(5-7-13-2)10-4-8-14-9-10/h10-12H,3-9H2,1-2H3. The van der Waals surface area contributed by atoms with Gasteiger partial charge in [0, 0.05) is 26.4 Å². The average molecular weight is 201 g/mol. The van der Waals surface area contributed by atoms with E-state index < -0.39 is 0 Å². The minimum atomic E-state index is 0.581. The second-order valence-corrected chi connectivity index (χ2v) is 3.97. The summed E-state index contributed by atoms with van der Waals surface area (Å²) in [6, 6.07) is 0.581. The SMILES string of the molecule is CCCNC(CCOC)C1CCOC1. The van der Waals surface area contributed by atoms with Crippen molar-refractivity contribution in [1.29, 1.82) is 0 Å². The van der Waals surface area contributed by atoms with Crippen molar-refractivity contribution >= 4 is 0 Å². The van der Waals surface area contributed by atoms with Gasteiger partial charge in [-0.2, -0.15) is 0 Å². The van der Waals surface area contributed by atoms with Gasteiger partial charge in [0.2, 0.25) is 0 Å². The van der Waals surface area contributed by atoms with Gasteiger partial charge in [0.1, 0.15) is 0 Å². The zero-order chi connectivity index (χ0) is 10.2. The van der Waals surface area contributed by atoms with Crippen molar-refractivity contribution in [2.75, 3.05) is 33.5 Å². The first-order valence-electron chi connectivity index (χ1n) is 5.68. The molecule has 0 amide bonds. The first kappa shape index (κ1) is 12.0. The molecule has 1 fully saturated rings. The van der Waals surface area contributed by atoms with Crippen molar-refractivity contribution in [1.82, 2.24) is 5.32 Å². The summed E-state index contributed by atoms with van der Waals surface area (Å²) in [5.41, 5.74) is 0. The number of nitrogens with one attached hydrogen (secondary N) is 1. The molecular formula is C11H23NO2. The van der Waals surface area contributed by atoms with E-state index in [1.807, 2.05) is 0 Å². The number of rotatable bonds is 7. The fourth-order valence-corrected chi connectivity index (χ4v) is 1.95. The molecule has 0 aromatic rings. The molecule has 0 radical (unpaired) electrons. The molecule has 0 saturated carbocycles. The second kappa shape index (κ2) is 7.21. The molecule has 84 valence electrons. The average Bonchev–Trinajstić information content (AvgIpc) is 2.71. The lowest BCUT2D eigenvalue weighted by molar-refractivity contribution is 0.151. The van der Waals surface area contributed by atoms with Crippen LogP contribution in [0.15, 0.2) is 0 Å². The molecule has 3 heteroatoms. The Balaban J connectivity index is 2.26. The Morgan fingerprint density at radius 1 is 1.57 bits per heavy atom. The van der Waals surface area contributed by atoms with Crippen molar-refractivity contribution < 1.29 is 9.47 Å². The van der Waals surface area contributed by atoms with E-state index in [1.165, 1.54) is 12.8 Å². The van der Waals surface area contributed by atoms with Crippen LogP contribution in [0.5, 0.6) is 0 Å². The van der Waals surface area contributed by atoms with Crippen LogP contribution in [0.3, 0.4) is 0 Å². The summed E-state index contributed by atoms with van der Waals surface area (Å²) in [6.07, 6.45) is 3.49. The van der Waals surface area contributed by atoms with Gasteiger partial charge in [-0.05, 0) is 31.7 Å². The Hall–Kier alpha value is -0.120. The summed E-state index contributed by atoms with van der Waals surface area (Å²) in [7, 11) is 1.77. The third-order valence-corrected chi connectivity index (χ3v) is 2.82. The van der Waals surface area contributed by atoms with Crippen molar-refractivity contribution in [2.24, 2.45) is 5.92 Å². The van der Waals surface area contributed by atoms with Gasteiger partial charge in [0.05, 0.1) is 6.61 Å². The first-order chi connectivity index (χ1) is 6.88. The molecule has 0 aromatic carbocycles. The van der Waals surface area contributed by atoms with Crippen molar-refractivity contribution in [3.05, 3.63) is 0 Å². The van der Waals surface area contributed by atoms with Crippen LogP contribution in [-0.4, -0.2) is 39.5 Å². The Morgan fingerprint density at radius 2 is 2.43 bits per heavy atom. The Kier molecular flexibility index (Phi) is 6.15. The lowest BCUT2D eigenvalue weighted by Gasteiger charge is -2.23. The van der Waals surface area contributed by atoms with Crippen molar-refractivity contribution in [3.8, 4) is 0 Å². The molecule has 3 nitrogen and oxygen atoms in total. The van der Waals surface area contributed by atoms with Crippen LogP contribution in [0.4, 0.5) is 0 Å². The smallest absolute Gasteiger partial charge is 0.0510 e. The van der Waals surface area contributed by atoms with Crippen LogP contribution in [0, 0.1) is 5.92 Å². The Morgan fingerprint density at radius 3 is 3.00 bits per heavy atom. The summed E-state index contributed by atoms with van der Waals surface area (Å²) in [5.74, 6) is 0.691. The maximum Gasteiger partial charge on any atom is 0.0510 e. The van der Waals surface area contributed by atoms with Gasteiger partial charge >= 0.3 is 0 Å². The predicted molar refractivity (Wildman–Crippen MR) is 57.5 cm³/mol. The second-order valence-electron chi connectivity index (χ2n) is 3.97. The van der Waals surface area contributed by atoms with Crippen molar-refractivity contribution in [3.63, 3.8) is 0 Å². The molecule has 1 aliphatic heterocycles. The van der Waals surface area contributed by atoms with Gasteiger partial charge in [-0.3, -0.25) is 0 Å². The molecule has 1 N–H and O–H groups in total. The van der Waals surface area contributed by atoms with E-state index in [4.69, 9.17) is 9.47 Å². The van der Waals surface area contributed by atoms with Gasteiger partial charge in [0.15, 0.2) is 0 Å². The molecule has 0 aliphatic carbocycles. The monoisotopic (exact) mass is 201 g/mol. The molecule has 0 aromatic heterocycles. The zero-order valence-electron chi connectivity index (χ0n) is 9.42. The fourth-order valence-electron chi connectivity index (χ4n) is 1.95. The van der Waals surface area contributed by atoms with Gasteiger partial charge in [0.25, 0.3) is 0 Å². The van der Waals surface area contributed by atoms with Crippen molar-refractivity contribution in [2.45, 2.75) is 32.2 Å². The summed E-state index contributed by atoms with van der Waals surface area (Å²) >= 11 is 0. The van der Waals surface area contributed by atoms with Crippen LogP contribution < -0.4 is 5.32 Å². The largest absolute Gasteiger partial charge is 0.385 e.